The van der Waals surface area contributed by atoms with Gasteiger partial charge in [0.2, 0.25) is 5.13 Å². The maximum atomic E-state index is 12.0. The Morgan fingerprint density at radius 1 is 1.42 bits per heavy atom. The molecule has 0 bridgehead atoms. The highest BCUT2D eigenvalue weighted by molar-refractivity contribution is 7.15. The highest BCUT2D eigenvalue weighted by Crippen LogP contribution is 2.22. The average molecular weight is 272 g/mol. The lowest BCUT2D eigenvalue weighted by atomic mass is 10.1. The fraction of sp³-hybridized carbons (Fsp3) is 0.231. The molecular weight excluding hydrogens is 260 g/mol. The Kier molecular flexibility index (Phi) is 3.88. The third kappa shape index (κ3) is 3.14. The first kappa shape index (κ1) is 13.2. The summed E-state index contributed by atoms with van der Waals surface area (Å²) in [5.74, 6) is -0.00590. The molecule has 1 aromatic heterocycles. The van der Waals surface area contributed by atoms with Crippen molar-refractivity contribution in [2.45, 2.75) is 19.8 Å². The van der Waals surface area contributed by atoms with Crippen molar-refractivity contribution in [1.29, 1.82) is 5.26 Å². The van der Waals surface area contributed by atoms with Gasteiger partial charge in [-0.3, -0.25) is 10.1 Å². The molecule has 96 valence electrons. The van der Waals surface area contributed by atoms with E-state index in [1.54, 1.807) is 24.3 Å². The number of nitrogens with one attached hydrogen (secondary N) is 1. The summed E-state index contributed by atoms with van der Waals surface area (Å²) in [5, 5.41) is 20.7. The van der Waals surface area contributed by atoms with Crippen molar-refractivity contribution in [3.05, 3.63) is 40.4 Å². The Hall–Kier alpha value is -2.26. The molecule has 1 amide bonds. The van der Waals surface area contributed by atoms with E-state index >= 15 is 0 Å². The van der Waals surface area contributed by atoms with Gasteiger partial charge < -0.3 is 0 Å². The van der Waals surface area contributed by atoms with Crippen LogP contribution in [0.25, 0.3) is 0 Å². The van der Waals surface area contributed by atoms with Crippen LogP contribution >= 0.6 is 11.3 Å². The van der Waals surface area contributed by atoms with Crippen LogP contribution in [0.2, 0.25) is 0 Å². The number of aromatic nitrogens is 2. The van der Waals surface area contributed by atoms with Gasteiger partial charge >= 0.3 is 0 Å². The van der Waals surface area contributed by atoms with Crippen molar-refractivity contribution < 1.29 is 4.79 Å². The Bertz CT molecular complexity index is 642. The minimum atomic E-state index is -0.288. The van der Waals surface area contributed by atoms with E-state index in [0.29, 0.717) is 16.3 Å². The van der Waals surface area contributed by atoms with Crippen LogP contribution in [0.5, 0.6) is 0 Å². The average Bonchev–Trinajstić information content (AvgIpc) is 2.87. The summed E-state index contributed by atoms with van der Waals surface area (Å²) in [6.45, 7) is 4.03. The van der Waals surface area contributed by atoms with Crippen LogP contribution in [0.15, 0.2) is 24.3 Å². The maximum Gasteiger partial charge on any atom is 0.257 e. The van der Waals surface area contributed by atoms with Crippen LogP contribution in [0.3, 0.4) is 0 Å². The summed E-state index contributed by atoms with van der Waals surface area (Å²) in [6, 6.07) is 8.52. The molecule has 0 radical (unpaired) electrons. The molecule has 0 atom stereocenters. The van der Waals surface area contributed by atoms with Crippen molar-refractivity contribution >= 4 is 22.4 Å². The number of benzene rings is 1. The van der Waals surface area contributed by atoms with E-state index in [4.69, 9.17) is 5.26 Å². The molecule has 0 saturated carbocycles. The SMILES string of the molecule is CC(C)c1nnc(NC(=O)c2cccc(C#N)c2)s1. The van der Waals surface area contributed by atoms with Crippen molar-refractivity contribution in [1.82, 2.24) is 10.2 Å². The third-order valence-corrected chi connectivity index (χ3v) is 3.55. The topological polar surface area (TPSA) is 78.7 Å². The lowest BCUT2D eigenvalue weighted by molar-refractivity contribution is 0.102. The van der Waals surface area contributed by atoms with Gasteiger partial charge in [0.15, 0.2) is 0 Å². The molecule has 0 aliphatic carbocycles. The second-order valence-corrected chi connectivity index (χ2v) is 5.26. The van der Waals surface area contributed by atoms with E-state index in [9.17, 15) is 4.79 Å². The summed E-state index contributed by atoms with van der Waals surface area (Å²) in [4.78, 5) is 12.0. The van der Waals surface area contributed by atoms with Crippen LogP contribution in [0, 0.1) is 11.3 Å². The van der Waals surface area contributed by atoms with E-state index in [1.165, 1.54) is 11.3 Å². The Labute approximate surface area is 114 Å². The Balaban J connectivity index is 2.14. The van der Waals surface area contributed by atoms with Gasteiger partial charge in [-0.2, -0.15) is 5.26 Å². The van der Waals surface area contributed by atoms with E-state index in [1.807, 2.05) is 19.9 Å². The van der Waals surface area contributed by atoms with E-state index in [2.05, 4.69) is 15.5 Å². The number of carbonyl (C=O) groups is 1. The van der Waals surface area contributed by atoms with Gasteiger partial charge in [0.25, 0.3) is 5.91 Å². The van der Waals surface area contributed by atoms with Crippen molar-refractivity contribution in [3.8, 4) is 6.07 Å². The first-order chi connectivity index (χ1) is 9.10. The molecule has 1 heterocycles. The predicted octanol–water partition coefficient (Wildman–Crippen LogP) is 2.79. The number of nitrogens with zero attached hydrogens (tertiary/aromatic N) is 3. The smallest absolute Gasteiger partial charge is 0.257 e. The van der Waals surface area contributed by atoms with Crippen molar-refractivity contribution in [2.24, 2.45) is 0 Å². The first-order valence-corrected chi connectivity index (χ1v) is 6.56. The molecule has 1 aromatic carbocycles. The molecule has 0 unspecified atom stereocenters. The number of anilines is 1. The fourth-order valence-corrected chi connectivity index (χ4v) is 2.16. The largest absolute Gasteiger partial charge is 0.296 e. The van der Waals surface area contributed by atoms with Gasteiger partial charge in [-0.15, -0.1) is 10.2 Å². The number of carbonyl (C=O) groups excluding carboxylic acids is 1. The van der Waals surface area contributed by atoms with Gasteiger partial charge in [-0.1, -0.05) is 31.3 Å². The lowest BCUT2D eigenvalue weighted by Gasteiger charge is -2.01. The summed E-state index contributed by atoms with van der Waals surface area (Å²) in [7, 11) is 0. The molecule has 0 fully saturated rings. The second kappa shape index (κ2) is 5.59. The van der Waals surface area contributed by atoms with Crippen LogP contribution in [-0.2, 0) is 0 Å². The number of amides is 1. The minimum Gasteiger partial charge on any atom is -0.296 e. The van der Waals surface area contributed by atoms with Gasteiger partial charge in [0.1, 0.15) is 5.01 Å². The van der Waals surface area contributed by atoms with Crippen LogP contribution in [-0.4, -0.2) is 16.1 Å². The molecule has 19 heavy (non-hydrogen) atoms. The quantitative estimate of drug-likeness (QED) is 0.931. The van der Waals surface area contributed by atoms with Crippen LogP contribution in [0.1, 0.15) is 40.7 Å². The lowest BCUT2D eigenvalue weighted by Crippen LogP contribution is -2.11. The monoisotopic (exact) mass is 272 g/mol. The Morgan fingerprint density at radius 3 is 2.84 bits per heavy atom. The molecule has 0 aliphatic heterocycles. The summed E-state index contributed by atoms with van der Waals surface area (Å²) < 4.78 is 0. The molecule has 0 spiro atoms. The molecule has 1 N–H and O–H groups in total. The van der Waals surface area contributed by atoms with E-state index < -0.39 is 0 Å². The summed E-state index contributed by atoms with van der Waals surface area (Å²) in [6.07, 6.45) is 0. The normalized spacial score (nSPS) is 10.2. The zero-order chi connectivity index (χ0) is 13.8. The van der Waals surface area contributed by atoms with Gasteiger partial charge in [-0.25, -0.2) is 0 Å². The third-order valence-electron chi connectivity index (χ3n) is 2.41. The zero-order valence-electron chi connectivity index (χ0n) is 10.5. The fourth-order valence-electron chi connectivity index (χ4n) is 1.42. The number of nitriles is 1. The molecule has 2 aromatic rings. The predicted molar refractivity (Wildman–Crippen MR) is 73.1 cm³/mol. The van der Waals surface area contributed by atoms with E-state index in [-0.39, 0.29) is 11.8 Å². The van der Waals surface area contributed by atoms with Crippen LogP contribution < -0.4 is 5.32 Å². The Morgan fingerprint density at radius 2 is 2.21 bits per heavy atom. The van der Waals surface area contributed by atoms with Gasteiger partial charge in [-0.05, 0) is 18.2 Å². The molecule has 6 heteroatoms. The minimum absolute atomic E-state index is 0.282. The van der Waals surface area contributed by atoms with Gasteiger partial charge in [0, 0.05) is 11.5 Å². The zero-order valence-corrected chi connectivity index (χ0v) is 11.4. The number of hydrogen-bond donors (Lipinski definition) is 1. The van der Waals surface area contributed by atoms with Gasteiger partial charge in [0.05, 0.1) is 11.6 Å². The standard InChI is InChI=1S/C13H12N4OS/c1-8(2)12-16-17-13(19-12)15-11(18)10-5-3-4-9(6-10)7-14/h3-6,8H,1-2H3,(H,15,17,18). The molecule has 0 aliphatic rings. The highest BCUT2D eigenvalue weighted by atomic mass is 32.1. The summed E-state index contributed by atoms with van der Waals surface area (Å²) in [5.41, 5.74) is 0.883. The van der Waals surface area contributed by atoms with Crippen LogP contribution in [0.4, 0.5) is 5.13 Å². The number of rotatable bonds is 3. The molecule has 2 rings (SSSR count). The van der Waals surface area contributed by atoms with E-state index in [0.717, 1.165) is 5.01 Å². The summed E-state index contributed by atoms with van der Waals surface area (Å²) >= 11 is 1.35. The highest BCUT2D eigenvalue weighted by Gasteiger charge is 2.12. The molecule has 5 nitrogen and oxygen atoms in total. The second-order valence-electron chi connectivity index (χ2n) is 4.25. The maximum absolute atomic E-state index is 12.0. The van der Waals surface area contributed by atoms with Crippen molar-refractivity contribution in [3.63, 3.8) is 0 Å². The number of hydrogen-bond acceptors (Lipinski definition) is 5. The first-order valence-electron chi connectivity index (χ1n) is 5.75. The molecular formula is C13H12N4OS. The molecule has 0 saturated heterocycles. The van der Waals surface area contributed by atoms with Crippen molar-refractivity contribution in [2.75, 3.05) is 5.32 Å².